The third-order valence-electron chi connectivity index (χ3n) is 1.33. The van der Waals surface area contributed by atoms with Crippen LogP contribution in [-0.2, 0) is 9.59 Å². The molecule has 0 bridgehead atoms. The van der Waals surface area contributed by atoms with E-state index in [1.807, 2.05) is 0 Å². The van der Waals surface area contributed by atoms with Crippen molar-refractivity contribution in [2.24, 2.45) is 0 Å². The Bertz CT molecular complexity index is 407. The summed E-state index contributed by atoms with van der Waals surface area (Å²) in [5, 5.41) is 8.46. The minimum Gasteiger partial charge on any atom is -0.473 e. The molecule has 80 valence electrons. The first-order chi connectivity index (χ1) is 6.91. The normalized spacial score (nSPS) is 9.80. The molecule has 0 aromatic heterocycles. The number of carboxylic acids is 1. The van der Waals surface area contributed by atoms with Gasteiger partial charge >= 0.3 is 11.9 Å². The highest BCUT2D eigenvalue weighted by molar-refractivity contribution is 6.40. The number of halogens is 3. The lowest BCUT2D eigenvalue weighted by atomic mass is 10.3. The second-order valence-corrected chi connectivity index (χ2v) is 3.64. The van der Waals surface area contributed by atoms with E-state index in [4.69, 9.17) is 39.9 Å². The van der Waals surface area contributed by atoms with Gasteiger partial charge < -0.3 is 9.84 Å². The molecule has 1 N–H and O–H groups in total. The fourth-order valence-corrected chi connectivity index (χ4v) is 1.66. The minimum absolute atomic E-state index is 0.0397. The van der Waals surface area contributed by atoms with Crippen LogP contribution in [0.3, 0.4) is 0 Å². The number of esters is 1. The lowest BCUT2D eigenvalue weighted by molar-refractivity contribution is -0.158. The predicted molar refractivity (Wildman–Crippen MR) is 54.7 cm³/mol. The van der Waals surface area contributed by atoms with Crippen LogP contribution < -0.4 is 4.74 Å². The second-order valence-electron chi connectivity index (χ2n) is 2.39. The van der Waals surface area contributed by atoms with E-state index >= 15 is 0 Å². The Balaban J connectivity index is 3.05. The van der Waals surface area contributed by atoms with E-state index in [1.54, 1.807) is 0 Å². The Morgan fingerprint density at radius 2 is 1.60 bits per heavy atom. The maximum atomic E-state index is 10.7. The van der Waals surface area contributed by atoms with Gasteiger partial charge in [-0.3, -0.25) is 0 Å². The van der Waals surface area contributed by atoms with Crippen molar-refractivity contribution in [1.29, 1.82) is 0 Å². The molecule has 0 saturated heterocycles. The Kier molecular flexibility index (Phi) is 3.79. The van der Waals surface area contributed by atoms with Crippen molar-refractivity contribution < 1.29 is 19.4 Å². The quantitative estimate of drug-likeness (QED) is 0.483. The van der Waals surface area contributed by atoms with E-state index in [2.05, 4.69) is 4.74 Å². The zero-order chi connectivity index (χ0) is 11.6. The zero-order valence-electron chi connectivity index (χ0n) is 6.96. The van der Waals surface area contributed by atoms with Gasteiger partial charge in [-0.1, -0.05) is 34.8 Å². The summed E-state index contributed by atoms with van der Waals surface area (Å²) in [6, 6.07) is 2.55. The number of carbonyl (C=O) groups is 2. The molecule has 0 atom stereocenters. The molecule has 0 amide bonds. The Hall–Kier alpha value is -0.970. The van der Waals surface area contributed by atoms with Crippen molar-refractivity contribution in [1.82, 2.24) is 0 Å². The first kappa shape index (κ1) is 12.1. The molecule has 0 radical (unpaired) electrons. The summed E-state index contributed by atoms with van der Waals surface area (Å²) in [5.41, 5.74) is 0. The molecule has 1 aromatic rings. The Morgan fingerprint density at radius 1 is 1.13 bits per heavy atom. The van der Waals surface area contributed by atoms with Crippen LogP contribution in [0.4, 0.5) is 0 Å². The first-order valence-corrected chi connectivity index (χ1v) is 4.65. The minimum atomic E-state index is -1.74. The van der Waals surface area contributed by atoms with Crippen molar-refractivity contribution in [3.05, 3.63) is 27.2 Å². The molecule has 0 fully saturated rings. The Morgan fingerprint density at radius 3 is 2.00 bits per heavy atom. The molecule has 0 heterocycles. The van der Waals surface area contributed by atoms with Gasteiger partial charge in [-0.2, -0.15) is 0 Å². The van der Waals surface area contributed by atoms with Gasteiger partial charge in [0.05, 0.1) is 10.0 Å². The number of aliphatic carboxylic acids is 1. The SMILES string of the molecule is O=C(O)C(=O)Oc1c(Cl)cc(Cl)cc1Cl. The number of benzene rings is 1. The van der Waals surface area contributed by atoms with Crippen LogP contribution in [0.2, 0.25) is 15.1 Å². The summed E-state index contributed by atoms with van der Waals surface area (Å²) >= 11 is 16.9. The van der Waals surface area contributed by atoms with Gasteiger partial charge in [0, 0.05) is 5.02 Å². The molecule has 0 spiro atoms. The molecule has 1 aromatic carbocycles. The lowest BCUT2D eigenvalue weighted by Gasteiger charge is -2.06. The number of carboxylic acid groups (broad SMARTS) is 1. The van der Waals surface area contributed by atoms with Gasteiger partial charge in [0.2, 0.25) is 0 Å². The monoisotopic (exact) mass is 268 g/mol. The molecule has 1 rings (SSSR count). The molecule has 0 unspecified atom stereocenters. The Labute approximate surface area is 99.3 Å². The summed E-state index contributed by atoms with van der Waals surface area (Å²) < 4.78 is 4.43. The highest BCUT2D eigenvalue weighted by atomic mass is 35.5. The van der Waals surface area contributed by atoms with E-state index in [-0.39, 0.29) is 20.8 Å². The molecule has 4 nitrogen and oxygen atoms in total. The summed E-state index contributed by atoms with van der Waals surface area (Å²) in [6.07, 6.45) is 0. The summed E-state index contributed by atoms with van der Waals surface area (Å²) in [6.45, 7) is 0. The van der Waals surface area contributed by atoms with E-state index in [9.17, 15) is 9.59 Å². The van der Waals surface area contributed by atoms with Gasteiger partial charge in [-0.15, -0.1) is 0 Å². The molecule has 0 saturated carbocycles. The summed E-state index contributed by atoms with van der Waals surface area (Å²) in [4.78, 5) is 20.9. The number of hydrogen-bond acceptors (Lipinski definition) is 3. The molecule has 7 heteroatoms. The van der Waals surface area contributed by atoms with E-state index in [1.165, 1.54) is 12.1 Å². The molecule has 0 aliphatic rings. The van der Waals surface area contributed by atoms with Crippen molar-refractivity contribution in [3.63, 3.8) is 0 Å². The fourth-order valence-electron chi connectivity index (χ4n) is 0.763. The van der Waals surface area contributed by atoms with E-state index < -0.39 is 11.9 Å². The third-order valence-corrected chi connectivity index (χ3v) is 2.11. The average Bonchev–Trinajstić information content (AvgIpc) is 2.10. The smallest absolute Gasteiger partial charge is 0.422 e. The number of hydrogen-bond donors (Lipinski definition) is 1. The number of carbonyl (C=O) groups excluding carboxylic acids is 1. The van der Waals surface area contributed by atoms with Gasteiger partial charge in [-0.25, -0.2) is 9.59 Å². The molecular formula is C8H3Cl3O4. The largest absolute Gasteiger partial charge is 0.473 e. The third kappa shape index (κ3) is 2.99. The van der Waals surface area contributed by atoms with Gasteiger partial charge in [0.25, 0.3) is 0 Å². The van der Waals surface area contributed by atoms with Crippen LogP contribution in [0.25, 0.3) is 0 Å². The molecule has 15 heavy (non-hydrogen) atoms. The van der Waals surface area contributed by atoms with Crippen LogP contribution in [0.5, 0.6) is 5.75 Å². The maximum Gasteiger partial charge on any atom is 0.422 e. The van der Waals surface area contributed by atoms with E-state index in [0.717, 1.165) is 0 Å². The maximum absolute atomic E-state index is 10.7. The standard InChI is InChI=1S/C8H3Cl3O4/c9-3-1-4(10)6(5(11)2-3)15-8(14)7(12)13/h1-2H,(H,12,13). The lowest BCUT2D eigenvalue weighted by Crippen LogP contribution is -2.19. The van der Waals surface area contributed by atoms with Crippen LogP contribution in [-0.4, -0.2) is 17.0 Å². The van der Waals surface area contributed by atoms with Crippen molar-refractivity contribution in [2.45, 2.75) is 0 Å². The zero-order valence-corrected chi connectivity index (χ0v) is 9.23. The molecule has 0 aliphatic carbocycles. The number of rotatable bonds is 1. The molecular weight excluding hydrogens is 266 g/mol. The predicted octanol–water partition coefficient (Wildman–Crippen LogP) is 2.64. The highest BCUT2D eigenvalue weighted by Crippen LogP contribution is 2.35. The topological polar surface area (TPSA) is 63.6 Å². The van der Waals surface area contributed by atoms with Crippen molar-refractivity contribution >= 4 is 46.7 Å². The van der Waals surface area contributed by atoms with E-state index in [0.29, 0.717) is 0 Å². The highest BCUT2D eigenvalue weighted by Gasteiger charge is 2.18. The van der Waals surface area contributed by atoms with Crippen LogP contribution >= 0.6 is 34.8 Å². The summed E-state index contributed by atoms with van der Waals surface area (Å²) in [7, 11) is 0. The first-order valence-electron chi connectivity index (χ1n) is 3.51. The number of ether oxygens (including phenoxy) is 1. The molecule has 0 aliphatic heterocycles. The fraction of sp³-hybridized carbons (Fsp3) is 0. The van der Waals surface area contributed by atoms with Crippen molar-refractivity contribution in [3.8, 4) is 5.75 Å². The summed E-state index contributed by atoms with van der Waals surface area (Å²) in [5.74, 6) is -3.44. The van der Waals surface area contributed by atoms with Gasteiger partial charge in [-0.05, 0) is 12.1 Å². The van der Waals surface area contributed by atoms with Gasteiger partial charge in [0.15, 0.2) is 5.75 Å². The van der Waals surface area contributed by atoms with Crippen LogP contribution in [0.1, 0.15) is 0 Å². The second kappa shape index (κ2) is 4.70. The average molecular weight is 269 g/mol. The van der Waals surface area contributed by atoms with Crippen LogP contribution in [0.15, 0.2) is 12.1 Å². The van der Waals surface area contributed by atoms with Gasteiger partial charge in [0.1, 0.15) is 0 Å². The van der Waals surface area contributed by atoms with Crippen LogP contribution in [0, 0.1) is 0 Å². The van der Waals surface area contributed by atoms with Crippen molar-refractivity contribution in [2.75, 3.05) is 0 Å².